The summed E-state index contributed by atoms with van der Waals surface area (Å²) in [6, 6.07) is 0.404. The molecule has 1 atom stereocenters. The first-order valence-electron chi connectivity index (χ1n) is 7.15. The van der Waals surface area contributed by atoms with Crippen LogP contribution in [0, 0.1) is 5.92 Å². The van der Waals surface area contributed by atoms with Gasteiger partial charge in [0.05, 0.1) is 0 Å². The Morgan fingerprint density at radius 2 is 2.24 bits per heavy atom. The molecule has 1 heterocycles. The normalized spacial score (nSPS) is 21.6. The first kappa shape index (κ1) is 14.5. The number of carbonyl (C=O) groups is 1. The Balaban J connectivity index is 2.57. The van der Waals surface area contributed by atoms with E-state index in [-0.39, 0.29) is 0 Å². The molecule has 1 saturated heterocycles. The topological polar surface area (TPSA) is 32.3 Å². The summed E-state index contributed by atoms with van der Waals surface area (Å²) < 4.78 is 0. The highest BCUT2D eigenvalue weighted by Crippen LogP contribution is 2.15. The molecule has 1 unspecified atom stereocenters. The number of nitrogens with zero attached hydrogens (tertiary/aromatic N) is 1. The van der Waals surface area contributed by atoms with E-state index in [9.17, 15) is 4.79 Å². The third-order valence-corrected chi connectivity index (χ3v) is 3.38. The zero-order valence-corrected chi connectivity index (χ0v) is 11.7. The molecule has 17 heavy (non-hydrogen) atoms. The van der Waals surface area contributed by atoms with E-state index in [0.717, 1.165) is 51.7 Å². The Kier molecular flexibility index (Phi) is 6.56. The maximum atomic E-state index is 12.2. The Labute approximate surface area is 106 Å². The molecular weight excluding hydrogens is 212 g/mol. The molecule has 0 saturated carbocycles. The van der Waals surface area contributed by atoms with Gasteiger partial charge >= 0.3 is 0 Å². The van der Waals surface area contributed by atoms with Crippen LogP contribution in [0.5, 0.6) is 0 Å². The van der Waals surface area contributed by atoms with Crippen molar-refractivity contribution in [3.63, 3.8) is 0 Å². The van der Waals surface area contributed by atoms with E-state index in [2.05, 4.69) is 31.0 Å². The molecule has 0 spiro atoms. The van der Waals surface area contributed by atoms with Crippen molar-refractivity contribution in [1.82, 2.24) is 10.2 Å². The van der Waals surface area contributed by atoms with Gasteiger partial charge in [0, 0.05) is 25.6 Å². The number of carbonyl (C=O) groups excluding carboxylic acids is 1. The Hall–Kier alpha value is -0.570. The summed E-state index contributed by atoms with van der Waals surface area (Å²) >= 11 is 0. The fourth-order valence-corrected chi connectivity index (χ4v) is 2.49. The smallest absolute Gasteiger partial charge is 0.222 e. The summed E-state index contributed by atoms with van der Waals surface area (Å²) in [6.45, 7) is 9.57. The summed E-state index contributed by atoms with van der Waals surface area (Å²) in [5.74, 6) is 1.02. The highest BCUT2D eigenvalue weighted by molar-refractivity contribution is 5.76. The third kappa shape index (κ3) is 5.07. The first-order chi connectivity index (χ1) is 8.15. The van der Waals surface area contributed by atoms with Gasteiger partial charge in [-0.15, -0.1) is 0 Å². The molecule has 1 rings (SSSR count). The number of unbranched alkanes of at least 4 members (excludes halogenated alkanes) is 1. The van der Waals surface area contributed by atoms with E-state index in [1.54, 1.807) is 0 Å². The SMILES string of the molecule is CCCCC(=O)N1CCCNCC1CC(C)C. The van der Waals surface area contributed by atoms with Crippen LogP contribution in [-0.2, 0) is 4.79 Å². The first-order valence-corrected chi connectivity index (χ1v) is 7.15. The number of hydrogen-bond acceptors (Lipinski definition) is 2. The molecule has 1 aliphatic rings. The van der Waals surface area contributed by atoms with Gasteiger partial charge < -0.3 is 10.2 Å². The second-order valence-electron chi connectivity index (χ2n) is 5.53. The molecule has 0 radical (unpaired) electrons. The molecule has 3 heteroatoms. The van der Waals surface area contributed by atoms with Crippen LogP contribution in [0.1, 0.15) is 52.9 Å². The van der Waals surface area contributed by atoms with Crippen molar-refractivity contribution in [2.24, 2.45) is 5.92 Å². The summed E-state index contributed by atoms with van der Waals surface area (Å²) in [4.78, 5) is 14.3. The van der Waals surface area contributed by atoms with Gasteiger partial charge in [-0.2, -0.15) is 0 Å². The van der Waals surface area contributed by atoms with Crippen LogP contribution in [0.4, 0.5) is 0 Å². The lowest BCUT2D eigenvalue weighted by atomic mass is 10.0. The van der Waals surface area contributed by atoms with Crippen LogP contribution >= 0.6 is 0 Å². The molecule has 0 bridgehead atoms. The monoisotopic (exact) mass is 240 g/mol. The molecule has 1 fully saturated rings. The molecular formula is C14H28N2O. The maximum absolute atomic E-state index is 12.2. The summed E-state index contributed by atoms with van der Waals surface area (Å²) in [7, 11) is 0. The minimum atomic E-state index is 0.362. The van der Waals surface area contributed by atoms with Gasteiger partial charge in [0.2, 0.25) is 5.91 Å². The molecule has 1 N–H and O–H groups in total. The van der Waals surface area contributed by atoms with Crippen LogP contribution < -0.4 is 5.32 Å². The number of nitrogens with one attached hydrogen (secondary N) is 1. The lowest BCUT2D eigenvalue weighted by Gasteiger charge is -2.31. The molecule has 1 amide bonds. The quantitative estimate of drug-likeness (QED) is 0.800. The predicted molar refractivity (Wildman–Crippen MR) is 72.0 cm³/mol. The molecule has 3 nitrogen and oxygen atoms in total. The second kappa shape index (κ2) is 7.70. The van der Waals surface area contributed by atoms with E-state index in [1.165, 1.54) is 0 Å². The standard InChI is InChI=1S/C14H28N2O/c1-4-5-7-14(17)16-9-6-8-15-11-13(16)10-12(2)3/h12-13,15H,4-11H2,1-3H3. The van der Waals surface area contributed by atoms with E-state index in [1.807, 2.05) is 0 Å². The highest BCUT2D eigenvalue weighted by Gasteiger charge is 2.25. The predicted octanol–water partition coefficient (Wildman–Crippen LogP) is 2.41. The average Bonchev–Trinajstić information content (AvgIpc) is 2.50. The lowest BCUT2D eigenvalue weighted by molar-refractivity contribution is -0.133. The van der Waals surface area contributed by atoms with Crippen molar-refractivity contribution in [1.29, 1.82) is 0 Å². The Morgan fingerprint density at radius 3 is 2.88 bits per heavy atom. The molecule has 0 aliphatic carbocycles. The van der Waals surface area contributed by atoms with Crippen LogP contribution in [0.2, 0.25) is 0 Å². The fourth-order valence-electron chi connectivity index (χ4n) is 2.49. The van der Waals surface area contributed by atoms with Gasteiger partial charge in [-0.05, 0) is 31.7 Å². The molecule has 0 aromatic heterocycles. The maximum Gasteiger partial charge on any atom is 0.222 e. The molecule has 100 valence electrons. The largest absolute Gasteiger partial charge is 0.338 e. The van der Waals surface area contributed by atoms with Gasteiger partial charge in [0.1, 0.15) is 0 Å². The van der Waals surface area contributed by atoms with Crippen molar-refractivity contribution in [3.05, 3.63) is 0 Å². The number of hydrogen-bond donors (Lipinski definition) is 1. The average molecular weight is 240 g/mol. The van der Waals surface area contributed by atoms with Gasteiger partial charge in [-0.25, -0.2) is 0 Å². The van der Waals surface area contributed by atoms with Crippen molar-refractivity contribution in [2.45, 2.75) is 58.9 Å². The van der Waals surface area contributed by atoms with E-state index in [4.69, 9.17) is 0 Å². The van der Waals surface area contributed by atoms with Crippen LogP contribution in [0.3, 0.4) is 0 Å². The van der Waals surface area contributed by atoms with Crippen molar-refractivity contribution < 1.29 is 4.79 Å². The Bertz CT molecular complexity index is 228. The number of rotatable bonds is 5. The van der Waals surface area contributed by atoms with Crippen molar-refractivity contribution in [3.8, 4) is 0 Å². The van der Waals surface area contributed by atoms with E-state index >= 15 is 0 Å². The molecule has 0 aromatic carbocycles. The van der Waals surface area contributed by atoms with Crippen LogP contribution in [0.25, 0.3) is 0 Å². The van der Waals surface area contributed by atoms with E-state index in [0.29, 0.717) is 17.9 Å². The second-order valence-corrected chi connectivity index (χ2v) is 5.53. The van der Waals surface area contributed by atoms with E-state index < -0.39 is 0 Å². The van der Waals surface area contributed by atoms with Crippen LogP contribution in [0.15, 0.2) is 0 Å². The van der Waals surface area contributed by atoms with Gasteiger partial charge in [0.15, 0.2) is 0 Å². The molecule has 0 aromatic rings. The number of amides is 1. The highest BCUT2D eigenvalue weighted by atomic mass is 16.2. The van der Waals surface area contributed by atoms with Crippen molar-refractivity contribution >= 4 is 5.91 Å². The zero-order chi connectivity index (χ0) is 12.7. The zero-order valence-electron chi connectivity index (χ0n) is 11.7. The molecule has 1 aliphatic heterocycles. The Morgan fingerprint density at radius 1 is 1.47 bits per heavy atom. The minimum Gasteiger partial charge on any atom is -0.338 e. The van der Waals surface area contributed by atoms with Gasteiger partial charge in [-0.3, -0.25) is 4.79 Å². The fraction of sp³-hybridized carbons (Fsp3) is 0.929. The third-order valence-electron chi connectivity index (χ3n) is 3.38. The summed E-state index contributed by atoms with van der Waals surface area (Å²) in [6.07, 6.45) is 5.06. The summed E-state index contributed by atoms with van der Waals surface area (Å²) in [5.41, 5.74) is 0. The minimum absolute atomic E-state index is 0.362. The van der Waals surface area contributed by atoms with Gasteiger partial charge in [0.25, 0.3) is 0 Å². The lowest BCUT2D eigenvalue weighted by Crippen LogP contribution is -2.44. The van der Waals surface area contributed by atoms with Gasteiger partial charge in [-0.1, -0.05) is 27.2 Å². The van der Waals surface area contributed by atoms with Crippen LogP contribution in [-0.4, -0.2) is 36.5 Å². The summed E-state index contributed by atoms with van der Waals surface area (Å²) in [5, 5.41) is 3.45. The van der Waals surface area contributed by atoms with Crippen molar-refractivity contribution in [2.75, 3.05) is 19.6 Å².